The Morgan fingerprint density at radius 3 is 2.57 bits per heavy atom. The molecule has 2 N–H and O–H groups in total. The van der Waals surface area contributed by atoms with Gasteiger partial charge in [0.05, 0.1) is 0 Å². The minimum atomic E-state index is -0.380. The van der Waals surface area contributed by atoms with E-state index in [1.807, 2.05) is 25.1 Å². The molecule has 2 aromatic rings. The van der Waals surface area contributed by atoms with Crippen molar-refractivity contribution in [1.29, 1.82) is 0 Å². The summed E-state index contributed by atoms with van der Waals surface area (Å²) in [7, 11) is 0. The first kappa shape index (κ1) is 15.1. The van der Waals surface area contributed by atoms with E-state index in [1.54, 1.807) is 0 Å². The fourth-order valence-electron chi connectivity index (χ4n) is 2.31. The van der Waals surface area contributed by atoms with Gasteiger partial charge in [0.25, 0.3) is 5.56 Å². The number of nitrogens with zero attached hydrogens (tertiary/aromatic N) is 1. The number of anilines is 2. The lowest BCUT2D eigenvalue weighted by Crippen LogP contribution is -2.34. The van der Waals surface area contributed by atoms with Crippen molar-refractivity contribution in [1.82, 2.24) is 9.55 Å². The zero-order valence-corrected chi connectivity index (χ0v) is 12.7. The summed E-state index contributed by atoms with van der Waals surface area (Å²) < 4.78 is 1.21. The van der Waals surface area contributed by atoms with Crippen molar-refractivity contribution in [3.63, 3.8) is 0 Å². The third kappa shape index (κ3) is 3.42. The van der Waals surface area contributed by atoms with Crippen molar-refractivity contribution >= 4 is 11.5 Å². The molecule has 0 aliphatic rings. The van der Waals surface area contributed by atoms with Crippen molar-refractivity contribution < 1.29 is 0 Å². The van der Waals surface area contributed by atoms with E-state index in [9.17, 15) is 9.59 Å². The van der Waals surface area contributed by atoms with E-state index in [0.29, 0.717) is 12.4 Å². The highest BCUT2D eigenvalue weighted by atomic mass is 16.2. The van der Waals surface area contributed by atoms with E-state index >= 15 is 0 Å². The predicted molar refractivity (Wildman–Crippen MR) is 85.5 cm³/mol. The van der Waals surface area contributed by atoms with Gasteiger partial charge in [-0.3, -0.25) is 14.3 Å². The Hall–Kier alpha value is -2.30. The molecule has 1 aromatic carbocycles. The summed E-state index contributed by atoms with van der Waals surface area (Å²) in [6, 6.07) is 7.41. The van der Waals surface area contributed by atoms with Crippen LogP contribution in [0.5, 0.6) is 0 Å². The molecular weight excluding hydrogens is 266 g/mol. The lowest BCUT2D eigenvalue weighted by Gasteiger charge is -2.10. The third-order valence-electron chi connectivity index (χ3n) is 3.48. The maximum Gasteiger partial charge on any atom is 0.329 e. The number of aromatic amines is 1. The summed E-state index contributed by atoms with van der Waals surface area (Å²) in [6.07, 6.45) is 1.68. The number of H-pyrrole nitrogens is 1. The van der Waals surface area contributed by atoms with E-state index in [-0.39, 0.29) is 11.2 Å². The Kier molecular flexibility index (Phi) is 4.62. The van der Waals surface area contributed by atoms with Crippen molar-refractivity contribution in [3.05, 3.63) is 56.2 Å². The number of rotatable bonds is 5. The second-order valence-corrected chi connectivity index (χ2v) is 5.10. The first-order chi connectivity index (χ1) is 10.0. The van der Waals surface area contributed by atoms with Gasteiger partial charge in [-0.25, -0.2) is 4.79 Å². The van der Waals surface area contributed by atoms with E-state index < -0.39 is 0 Å². The van der Waals surface area contributed by atoms with Crippen molar-refractivity contribution in [2.75, 3.05) is 5.32 Å². The number of aryl methyl sites for hydroxylation is 2. The largest absolute Gasteiger partial charge is 0.342 e. The monoisotopic (exact) mass is 287 g/mol. The van der Waals surface area contributed by atoms with Crippen LogP contribution in [-0.2, 0) is 13.0 Å². The zero-order chi connectivity index (χ0) is 15.4. The molecule has 0 bridgehead atoms. The minimum Gasteiger partial charge on any atom is -0.342 e. The Balaban J connectivity index is 2.32. The minimum absolute atomic E-state index is 0.286. The molecule has 1 aromatic heterocycles. The van der Waals surface area contributed by atoms with Crippen LogP contribution in [0.15, 0.2) is 33.9 Å². The predicted octanol–water partition coefficient (Wildman–Crippen LogP) is 2.56. The van der Waals surface area contributed by atoms with Gasteiger partial charge in [0.2, 0.25) is 0 Å². The average molecular weight is 287 g/mol. The molecule has 0 saturated carbocycles. The summed E-state index contributed by atoms with van der Waals surface area (Å²) in [6.45, 7) is 6.52. The fraction of sp³-hybridized carbons (Fsp3) is 0.375. The highest BCUT2D eigenvalue weighted by Gasteiger charge is 2.05. The second kappa shape index (κ2) is 6.43. The third-order valence-corrected chi connectivity index (χ3v) is 3.48. The molecule has 0 aliphatic heterocycles. The molecule has 2 rings (SSSR count). The molecule has 0 spiro atoms. The van der Waals surface area contributed by atoms with E-state index in [2.05, 4.69) is 24.1 Å². The van der Waals surface area contributed by atoms with Gasteiger partial charge < -0.3 is 5.32 Å². The Labute approximate surface area is 123 Å². The maximum absolute atomic E-state index is 11.9. The zero-order valence-electron chi connectivity index (χ0n) is 12.7. The number of hydrogen-bond donors (Lipinski definition) is 2. The first-order valence-electron chi connectivity index (χ1n) is 7.25. The molecule has 0 saturated heterocycles. The highest BCUT2D eigenvalue weighted by molar-refractivity contribution is 5.57. The molecule has 0 unspecified atom stereocenters. The van der Waals surface area contributed by atoms with Gasteiger partial charge in [0, 0.05) is 18.3 Å². The molecule has 1 heterocycles. The number of hydrogen-bond acceptors (Lipinski definition) is 3. The normalized spacial score (nSPS) is 10.6. The van der Waals surface area contributed by atoms with Crippen molar-refractivity contribution in [2.24, 2.45) is 0 Å². The standard InChI is InChI=1S/C16H21N3O2/c1-4-8-19-15(20)10-14(18-16(19)21)17-13-7-6-11(3)12(5-2)9-13/h6-7,9-10,17H,4-5,8H2,1-3H3,(H,18,21). The maximum atomic E-state index is 11.9. The number of nitrogens with one attached hydrogen (secondary N) is 2. The van der Waals surface area contributed by atoms with Gasteiger partial charge >= 0.3 is 5.69 Å². The molecule has 0 fully saturated rings. The van der Waals surface area contributed by atoms with Crippen LogP contribution in [0.2, 0.25) is 0 Å². The van der Waals surface area contributed by atoms with Crippen LogP contribution in [-0.4, -0.2) is 9.55 Å². The molecule has 5 nitrogen and oxygen atoms in total. The first-order valence-corrected chi connectivity index (χ1v) is 7.25. The summed E-state index contributed by atoms with van der Waals surface area (Å²) in [4.78, 5) is 26.5. The summed E-state index contributed by atoms with van der Waals surface area (Å²) in [5.74, 6) is 0.420. The van der Waals surface area contributed by atoms with Crippen molar-refractivity contribution in [2.45, 2.75) is 40.2 Å². The molecule has 0 aliphatic carbocycles. The molecular formula is C16H21N3O2. The number of benzene rings is 1. The van der Waals surface area contributed by atoms with E-state index in [0.717, 1.165) is 18.5 Å². The van der Waals surface area contributed by atoms with Crippen LogP contribution >= 0.6 is 0 Å². The molecule has 21 heavy (non-hydrogen) atoms. The lowest BCUT2D eigenvalue weighted by molar-refractivity contribution is 0.616. The quantitative estimate of drug-likeness (QED) is 0.888. The highest BCUT2D eigenvalue weighted by Crippen LogP contribution is 2.18. The Morgan fingerprint density at radius 2 is 1.95 bits per heavy atom. The Morgan fingerprint density at radius 1 is 1.19 bits per heavy atom. The Bertz CT molecular complexity index is 713. The second-order valence-electron chi connectivity index (χ2n) is 5.10. The van der Waals surface area contributed by atoms with Crippen LogP contribution < -0.4 is 16.6 Å². The van der Waals surface area contributed by atoms with Crippen molar-refractivity contribution in [3.8, 4) is 0 Å². The average Bonchev–Trinajstić information content (AvgIpc) is 2.45. The van der Waals surface area contributed by atoms with Gasteiger partial charge in [0.15, 0.2) is 0 Å². The van der Waals surface area contributed by atoms with Crippen LogP contribution in [0.3, 0.4) is 0 Å². The van der Waals surface area contributed by atoms with Crippen LogP contribution in [0, 0.1) is 6.92 Å². The van der Waals surface area contributed by atoms with Gasteiger partial charge in [-0.2, -0.15) is 0 Å². The number of aromatic nitrogens is 2. The van der Waals surface area contributed by atoms with Gasteiger partial charge in [0.1, 0.15) is 5.82 Å². The fourth-order valence-corrected chi connectivity index (χ4v) is 2.31. The smallest absolute Gasteiger partial charge is 0.329 e. The summed E-state index contributed by atoms with van der Waals surface area (Å²) in [5.41, 5.74) is 2.66. The summed E-state index contributed by atoms with van der Waals surface area (Å²) in [5, 5.41) is 3.09. The molecule has 0 atom stereocenters. The molecule has 0 radical (unpaired) electrons. The molecule has 112 valence electrons. The summed E-state index contributed by atoms with van der Waals surface area (Å²) >= 11 is 0. The van der Waals surface area contributed by atoms with E-state index in [1.165, 1.54) is 21.8 Å². The lowest BCUT2D eigenvalue weighted by atomic mass is 10.1. The van der Waals surface area contributed by atoms with Crippen LogP contribution in [0.4, 0.5) is 11.5 Å². The van der Waals surface area contributed by atoms with Gasteiger partial charge in [-0.15, -0.1) is 0 Å². The van der Waals surface area contributed by atoms with Gasteiger partial charge in [-0.1, -0.05) is 19.9 Å². The molecule has 0 amide bonds. The van der Waals surface area contributed by atoms with Crippen LogP contribution in [0.25, 0.3) is 0 Å². The topological polar surface area (TPSA) is 66.9 Å². The SMILES string of the molecule is CCCn1c(=O)cc(Nc2ccc(C)c(CC)c2)[nH]c1=O. The van der Waals surface area contributed by atoms with Crippen LogP contribution in [0.1, 0.15) is 31.4 Å². The van der Waals surface area contributed by atoms with E-state index in [4.69, 9.17) is 0 Å². The van der Waals surface area contributed by atoms with Gasteiger partial charge in [-0.05, 0) is 43.0 Å². The molecule has 5 heteroatoms.